The highest BCUT2D eigenvalue weighted by molar-refractivity contribution is 7.99. The van der Waals surface area contributed by atoms with E-state index in [1.807, 2.05) is 0 Å². The summed E-state index contributed by atoms with van der Waals surface area (Å²) in [5.41, 5.74) is 0.536. The Bertz CT molecular complexity index is 855. The molecule has 0 radical (unpaired) electrons. The van der Waals surface area contributed by atoms with Crippen molar-refractivity contribution in [3.05, 3.63) is 24.3 Å². The van der Waals surface area contributed by atoms with Gasteiger partial charge in [0, 0.05) is 11.6 Å². The van der Waals surface area contributed by atoms with Gasteiger partial charge in [-0.2, -0.15) is 8.78 Å². The van der Waals surface area contributed by atoms with Gasteiger partial charge in [-0.1, -0.05) is 24.6 Å². The van der Waals surface area contributed by atoms with E-state index >= 15 is 0 Å². The van der Waals surface area contributed by atoms with Crippen LogP contribution in [0.15, 0.2) is 29.4 Å². The van der Waals surface area contributed by atoms with E-state index in [1.54, 1.807) is 0 Å². The average Bonchev–Trinajstić information content (AvgIpc) is 3.30. The van der Waals surface area contributed by atoms with Crippen molar-refractivity contribution in [2.24, 2.45) is 0 Å². The number of rotatable bonds is 7. The molecule has 2 aromatic rings. The summed E-state index contributed by atoms with van der Waals surface area (Å²) in [7, 11) is 0. The Morgan fingerprint density at radius 3 is 2.59 bits per heavy atom. The molecule has 3 rings (SSSR count). The van der Waals surface area contributed by atoms with Gasteiger partial charge < -0.3 is 15.9 Å². The van der Waals surface area contributed by atoms with Gasteiger partial charge in [0.1, 0.15) is 5.75 Å². The topological polar surface area (TPSA) is 124 Å². The number of urea groups is 1. The molecule has 1 aliphatic carbocycles. The molecule has 1 heterocycles. The van der Waals surface area contributed by atoms with Gasteiger partial charge in [0.25, 0.3) is 0 Å². The van der Waals surface area contributed by atoms with E-state index in [0.29, 0.717) is 5.56 Å². The van der Waals surface area contributed by atoms with Crippen LogP contribution in [0.2, 0.25) is 0 Å². The largest absolute Gasteiger partial charge is 0.435 e. The average molecular weight is 426 g/mol. The van der Waals surface area contributed by atoms with Crippen LogP contribution in [0.5, 0.6) is 5.75 Å². The molecule has 1 aromatic heterocycles. The van der Waals surface area contributed by atoms with Crippen molar-refractivity contribution in [1.29, 1.82) is 0 Å². The molecule has 3 amide bonds. The zero-order chi connectivity index (χ0) is 20.8. The molecule has 0 saturated heterocycles. The number of halogens is 2. The van der Waals surface area contributed by atoms with Gasteiger partial charge in [-0.05, 0) is 37.1 Å². The molecule has 1 fully saturated rings. The number of benzene rings is 1. The standard InChI is InChI=1S/C17H20F2N6O3S/c18-15(19)28-12-7-5-10(6-8-12)14-23-24-17(25(14)20)29-9-13(26)22-16(27)21-11-3-1-2-4-11/h5-8,11,15H,1-4,9,20H2,(H2,21,22,26,27). The molecule has 0 unspecified atom stereocenters. The van der Waals surface area contributed by atoms with Crippen molar-refractivity contribution in [2.45, 2.75) is 43.5 Å². The summed E-state index contributed by atoms with van der Waals surface area (Å²) in [6, 6.07) is 5.35. The first-order chi connectivity index (χ1) is 13.9. The van der Waals surface area contributed by atoms with Crippen LogP contribution in [-0.4, -0.2) is 45.2 Å². The Kier molecular flexibility index (Phi) is 6.86. The minimum atomic E-state index is -2.91. The molecule has 1 aromatic carbocycles. The number of nitrogens with one attached hydrogen (secondary N) is 2. The summed E-state index contributed by atoms with van der Waals surface area (Å²) in [5.74, 6) is 5.70. The van der Waals surface area contributed by atoms with Crippen LogP contribution in [0.25, 0.3) is 11.4 Å². The fourth-order valence-electron chi connectivity index (χ4n) is 2.94. The highest BCUT2D eigenvalue weighted by atomic mass is 32.2. The number of carbonyl (C=O) groups excluding carboxylic acids is 2. The van der Waals surface area contributed by atoms with Crippen LogP contribution < -0.4 is 21.2 Å². The lowest BCUT2D eigenvalue weighted by Crippen LogP contribution is -2.44. The van der Waals surface area contributed by atoms with Gasteiger partial charge in [0.2, 0.25) is 11.1 Å². The van der Waals surface area contributed by atoms with Gasteiger partial charge >= 0.3 is 12.6 Å². The fourth-order valence-corrected chi connectivity index (χ4v) is 3.60. The predicted octanol–water partition coefficient (Wildman–Crippen LogP) is 2.12. The number of carbonyl (C=O) groups is 2. The second-order valence-corrected chi connectivity index (χ2v) is 7.31. The summed E-state index contributed by atoms with van der Waals surface area (Å²) >= 11 is 1.02. The number of alkyl halides is 2. The smallest absolute Gasteiger partial charge is 0.387 e. The van der Waals surface area contributed by atoms with Crippen molar-refractivity contribution >= 4 is 23.7 Å². The summed E-state index contributed by atoms with van der Waals surface area (Å²) in [5, 5.41) is 13.2. The zero-order valence-corrected chi connectivity index (χ0v) is 16.1. The third-order valence-electron chi connectivity index (χ3n) is 4.28. The molecule has 1 aliphatic rings. The summed E-state index contributed by atoms with van der Waals surface area (Å²) in [6.45, 7) is -2.91. The molecule has 0 bridgehead atoms. The molecule has 0 aliphatic heterocycles. The highest BCUT2D eigenvalue weighted by Crippen LogP contribution is 2.24. The number of nitrogens with two attached hydrogens (primary N) is 1. The van der Waals surface area contributed by atoms with Crippen molar-refractivity contribution in [3.8, 4) is 17.1 Å². The molecule has 9 nitrogen and oxygen atoms in total. The van der Waals surface area contributed by atoms with Crippen LogP contribution >= 0.6 is 11.8 Å². The number of nitrogen functional groups attached to an aromatic ring is 1. The maximum atomic E-state index is 12.2. The van der Waals surface area contributed by atoms with Crippen LogP contribution in [0.3, 0.4) is 0 Å². The number of thioether (sulfide) groups is 1. The van der Waals surface area contributed by atoms with E-state index in [-0.39, 0.29) is 28.5 Å². The Hall–Kier alpha value is -2.89. The Labute approximate surface area is 169 Å². The monoisotopic (exact) mass is 426 g/mol. The number of imide groups is 1. The SMILES string of the molecule is Nn1c(SCC(=O)NC(=O)NC2CCCC2)nnc1-c1ccc(OC(F)F)cc1. The number of hydrogen-bond donors (Lipinski definition) is 3. The van der Waals surface area contributed by atoms with Crippen molar-refractivity contribution in [2.75, 3.05) is 11.6 Å². The lowest BCUT2D eigenvalue weighted by atomic mass is 10.2. The van der Waals surface area contributed by atoms with Crippen LogP contribution in [0, 0.1) is 0 Å². The van der Waals surface area contributed by atoms with Crippen LogP contribution in [0.1, 0.15) is 25.7 Å². The molecule has 0 spiro atoms. The first-order valence-electron chi connectivity index (χ1n) is 8.91. The second-order valence-electron chi connectivity index (χ2n) is 6.37. The number of ether oxygens (including phenoxy) is 1. The molecular weight excluding hydrogens is 406 g/mol. The third kappa shape index (κ3) is 5.79. The van der Waals surface area contributed by atoms with Gasteiger partial charge in [-0.15, -0.1) is 10.2 Å². The molecule has 1 saturated carbocycles. The summed E-state index contributed by atoms with van der Waals surface area (Å²) in [4.78, 5) is 23.8. The fraction of sp³-hybridized carbons (Fsp3) is 0.412. The molecule has 12 heteroatoms. The molecule has 0 atom stereocenters. The maximum absolute atomic E-state index is 12.2. The number of nitrogens with zero attached hydrogens (tertiary/aromatic N) is 3. The Morgan fingerprint density at radius 1 is 1.24 bits per heavy atom. The van der Waals surface area contributed by atoms with Gasteiger partial charge in [0.15, 0.2) is 5.82 Å². The van der Waals surface area contributed by atoms with Crippen molar-refractivity contribution < 1.29 is 23.1 Å². The Balaban J connectivity index is 1.52. The van der Waals surface area contributed by atoms with Crippen molar-refractivity contribution in [3.63, 3.8) is 0 Å². The number of amides is 3. The minimum Gasteiger partial charge on any atom is -0.435 e. The number of aromatic nitrogens is 3. The van der Waals surface area contributed by atoms with E-state index in [9.17, 15) is 18.4 Å². The normalized spacial score (nSPS) is 14.2. The van der Waals surface area contributed by atoms with E-state index < -0.39 is 18.5 Å². The number of hydrogen-bond acceptors (Lipinski definition) is 7. The van der Waals surface area contributed by atoms with E-state index in [1.165, 1.54) is 28.9 Å². The Morgan fingerprint density at radius 2 is 1.93 bits per heavy atom. The van der Waals surface area contributed by atoms with Gasteiger partial charge in [-0.25, -0.2) is 9.47 Å². The highest BCUT2D eigenvalue weighted by Gasteiger charge is 2.19. The maximum Gasteiger partial charge on any atom is 0.387 e. The molecule has 29 heavy (non-hydrogen) atoms. The van der Waals surface area contributed by atoms with Gasteiger partial charge in [-0.3, -0.25) is 10.1 Å². The second kappa shape index (κ2) is 9.54. The predicted molar refractivity (Wildman–Crippen MR) is 102 cm³/mol. The first-order valence-corrected chi connectivity index (χ1v) is 9.90. The summed E-state index contributed by atoms with van der Waals surface area (Å²) < 4.78 is 29.9. The van der Waals surface area contributed by atoms with Gasteiger partial charge in [0.05, 0.1) is 5.75 Å². The zero-order valence-electron chi connectivity index (χ0n) is 15.3. The first kappa shape index (κ1) is 20.8. The molecule has 156 valence electrons. The quantitative estimate of drug-likeness (QED) is 0.458. The molecule has 4 N–H and O–H groups in total. The van der Waals surface area contributed by atoms with E-state index in [0.717, 1.165) is 37.4 Å². The van der Waals surface area contributed by atoms with E-state index in [2.05, 4.69) is 25.6 Å². The lowest BCUT2D eigenvalue weighted by molar-refractivity contribution is -0.117. The van der Waals surface area contributed by atoms with Crippen LogP contribution in [-0.2, 0) is 4.79 Å². The van der Waals surface area contributed by atoms with E-state index in [4.69, 9.17) is 5.84 Å². The summed E-state index contributed by atoms with van der Waals surface area (Å²) in [6.07, 6.45) is 3.99. The third-order valence-corrected chi connectivity index (χ3v) is 5.22. The lowest BCUT2D eigenvalue weighted by Gasteiger charge is -2.12. The molecular formula is C17H20F2N6O3S. The van der Waals surface area contributed by atoms with Crippen LogP contribution in [0.4, 0.5) is 13.6 Å². The minimum absolute atomic E-state index is 0.00832. The van der Waals surface area contributed by atoms with Crippen molar-refractivity contribution in [1.82, 2.24) is 25.5 Å².